The van der Waals surface area contributed by atoms with Gasteiger partial charge in [-0.15, -0.1) is 0 Å². The molecule has 10 heteroatoms. The molecule has 0 spiro atoms. The summed E-state index contributed by atoms with van der Waals surface area (Å²) in [5.41, 5.74) is 2.26. The highest BCUT2D eigenvalue weighted by atomic mass is 19.1. The van der Waals surface area contributed by atoms with E-state index in [0.717, 1.165) is 32.1 Å². The van der Waals surface area contributed by atoms with E-state index in [4.69, 9.17) is 9.47 Å². The van der Waals surface area contributed by atoms with Crippen LogP contribution < -0.4 is 19.3 Å². The van der Waals surface area contributed by atoms with Gasteiger partial charge in [0.2, 0.25) is 0 Å². The summed E-state index contributed by atoms with van der Waals surface area (Å²) >= 11 is 0. The molecule has 0 aliphatic carbocycles. The van der Waals surface area contributed by atoms with Crippen molar-refractivity contribution in [1.29, 1.82) is 0 Å². The number of rotatable bonds is 7. The Balaban J connectivity index is 1.41. The van der Waals surface area contributed by atoms with Gasteiger partial charge in [0, 0.05) is 37.2 Å². The smallest absolute Gasteiger partial charge is 0.265 e. The second-order valence-corrected chi connectivity index (χ2v) is 10.8. The summed E-state index contributed by atoms with van der Waals surface area (Å²) in [6, 6.07) is 8.86. The van der Waals surface area contributed by atoms with Gasteiger partial charge in [0.05, 0.1) is 24.7 Å². The third kappa shape index (κ3) is 5.45. The van der Waals surface area contributed by atoms with E-state index in [1.54, 1.807) is 23.1 Å². The van der Waals surface area contributed by atoms with Gasteiger partial charge >= 0.3 is 0 Å². The molecule has 8 nitrogen and oxygen atoms in total. The zero-order valence-corrected chi connectivity index (χ0v) is 23.6. The molecule has 3 heterocycles. The maximum atomic E-state index is 15.2. The molecular weight excluding hydrogens is 516 g/mol. The van der Waals surface area contributed by atoms with Gasteiger partial charge in [-0.2, -0.15) is 0 Å². The van der Waals surface area contributed by atoms with Crippen LogP contribution in [0.25, 0.3) is 11.3 Å². The first kappa shape index (κ1) is 27.8. The lowest BCUT2D eigenvalue weighted by Gasteiger charge is -2.36. The third-order valence-corrected chi connectivity index (χ3v) is 7.62. The maximum Gasteiger partial charge on any atom is 0.265 e. The van der Waals surface area contributed by atoms with Crippen molar-refractivity contribution < 1.29 is 23.0 Å². The number of carbonyl (C=O) groups is 1. The van der Waals surface area contributed by atoms with Crippen molar-refractivity contribution in [2.75, 3.05) is 50.7 Å². The number of aromatic nitrogens is 2. The molecule has 1 aromatic heterocycles. The number of piperidine rings is 1. The van der Waals surface area contributed by atoms with Gasteiger partial charge in [-0.05, 0) is 70.6 Å². The molecule has 0 atom stereocenters. The number of methoxy groups -OCH3 is 1. The molecule has 1 amide bonds. The molecule has 1 fully saturated rings. The third-order valence-electron chi connectivity index (χ3n) is 7.62. The lowest BCUT2D eigenvalue weighted by Crippen LogP contribution is -2.43. The number of halogens is 2. The van der Waals surface area contributed by atoms with Crippen molar-refractivity contribution >= 4 is 17.3 Å². The minimum absolute atomic E-state index is 0.0636. The molecule has 0 unspecified atom stereocenters. The van der Waals surface area contributed by atoms with Crippen molar-refractivity contribution in [2.24, 2.45) is 0 Å². The van der Waals surface area contributed by atoms with E-state index in [2.05, 4.69) is 33.9 Å². The van der Waals surface area contributed by atoms with Gasteiger partial charge < -0.3 is 24.2 Å². The average molecular weight is 552 g/mol. The second kappa shape index (κ2) is 11.4. The van der Waals surface area contributed by atoms with E-state index in [1.165, 1.54) is 13.2 Å². The first-order valence-corrected chi connectivity index (χ1v) is 13.5. The Hall–Kier alpha value is -3.79. The highest BCUT2D eigenvalue weighted by molar-refractivity contribution is 6.00. The topological polar surface area (TPSA) is 71.0 Å². The molecule has 2 aliphatic heterocycles. The highest BCUT2D eigenvalue weighted by Crippen LogP contribution is 2.44. The van der Waals surface area contributed by atoms with Gasteiger partial charge in [-0.25, -0.2) is 18.7 Å². The van der Waals surface area contributed by atoms with Crippen molar-refractivity contribution in [2.45, 2.75) is 45.2 Å². The Morgan fingerprint density at radius 2 is 1.85 bits per heavy atom. The number of hydrogen-bond donors (Lipinski definition) is 0. The van der Waals surface area contributed by atoms with E-state index in [1.807, 2.05) is 19.9 Å². The second-order valence-electron chi connectivity index (χ2n) is 10.8. The fourth-order valence-corrected chi connectivity index (χ4v) is 5.52. The van der Waals surface area contributed by atoms with Gasteiger partial charge in [-0.3, -0.25) is 4.79 Å². The largest absolute Gasteiger partial charge is 0.493 e. The van der Waals surface area contributed by atoms with Crippen LogP contribution in [-0.4, -0.2) is 73.8 Å². The Bertz CT molecular complexity index is 1410. The van der Waals surface area contributed by atoms with Crippen LogP contribution in [0.1, 0.15) is 38.1 Å². The number of carbonyl (C=O) groups excluding carboxylic acids is 1. The lowest BCUT2D eigenvalue weighted by molar-refractivity contribution is -0.121. The molecule has 0 bridgehead atoms. The summed E-state index contributed by atoms with van der Waals surface area (Å²) in [5, 5.41) is 0. The minimum atomic E-state index is -0.618. The van der Waals surface area contributed by atoms with Crippen LogP contribution in [0.5, 0.6) is 11.5 Å². The van der Waals surface area contributed by atoms with Crippen molar-refractivity contribution in [3.05, 3.63) is 59.6 Å². The van der Waals surface area contributed by atoms with Gasteiger partial charge in [0.15, 0.2) is 23.9 Å². The van der Waals surface area contributed by atoms with Crippen LogP contribution in [0, 0.1) is 11.6 Å². The van der Waals surface area contributed by atoms with Gasteiger partial charge in [0.25, 0.3) is 5.91 Å². The van der Waals surface area contributed by atoms with Crippen LogP contribution in [0.4, 0.5) is 20.2 Å². The van der Waals surface area contributed by atoms with E-state index in [0.29, 0.717) is 45.9 Å². The Labute approximate surface area is 233 Å². The van der Waals surface area contributed by atoms with Crippen LogP contribution in [-0.2, 0) is 11.2 Å². The predicted molar refractivity (Wildman–Crippen MR) is 150 cm³/mol. The zero-order chi connectivity index (χ0) is 28.6. The standard InChI is InChI=1S/C30H35F2N5O3/c1-18(2)37-25-14-20(15-26(39-5)30(25)40-17-28(37)38)29-23(32)16-33-27(34-29)13-19-6-7-24(22(31)12-19)36-10-8-21(9-11-36)35(3)4/h6-7,12,14-16,18,21H,8-11,13,17H2,1-5H3. The zero-order valence-electron chi connectivity index (χ0n) is 23.6. The quantitative estimate of drug-likeness (QED) is 0.422. The first-order chi connectivity index (χ1) is 19.2. The number of amides is 1. The number of hydrogen-bond acceptors (Lipinski definition) is 7. The molecule has 212 valence electrons. The summed E-state index contributed by atoms with van der Waals surface area (Å²) < 4.78 is 41.4. The molecule has 2 aliphatic rings. The summed E-state index contributed by atoms with van der Waals surface area (Å²) in [5.74, 6) is 0.0416. The number of fused-ring (bicyclic) bond motifs is 1. The van der Waals surface area contributed by atoms with Crippen LogP contribution in [0.15, 0.2) is 36.5 Å². The highest BCUT2D eigenvalue weighted by Gasteiger charge is 2.31. The summed E-state index contributed by atoms with van der Waals surface area (Å²) in [4.78, 5) is 27.2. The van der Waals surface area contributed by atoms with Gasteiger partial charge in [-0.1, -0.05) is 6.07 Å². The summed E-state index contributed by atoms with van der Waals surface area (Å²) in [6.07, 6.45) is 3.33. The first-order valence-electron chi connectivity index (χ1n) is 13.5. The molecule has 0 N–H and O–H groups in total. The van der Waals surface area contributed by atoms with Crippen molar-refractivity contribution in [3.63, 3.8) is 0 Å². The molecule has 1 saturated heterocycles. The van der Waals surface area contributed by atoms with Crippen LogP contribution >= 0.6 is 0 Å². The van der Waals surface area contributed by atoms with E-state index in [9.17, 15) is 4.79 Å². The van der Waals surface area contributed by atoms with Crippen LogP contribution in [0.3, 0.4) is 0 Å². The predicted octanol–water partition coefficient (Wildman–Crippen LogP) is 4.69. The Morgan fingerprint density at radius 3 is 2.50 bits per heavy atom. The number of ether oxygens (including phenoxy) is 2. The summed E-state index contributed by atoms with van der Waals surface area (Å²) in [6.45, 7) is 5.30. The van der Waals surface area contributed by atoms with Gasteiger partial charge in [0.1, 0.15) is 17.3 Å². The molecule has 0 radical (unpaired) electrons. The van der Waals surface area contributed by atoms with E-state index in [-0.39, 0.29) is 36.5 Å². The Morgan fingerprint density at radius 1 is 1.10 bits per heavy atom. The van der Waals surface area contributed by atoms with Crippen molar-refractivity contribution in [3.8, 4) is 22.8 Å². The molecule has 5 rings (SSSR count). The molecule has 3 aromatic rings. The number of benzene rings is 2. The number of anilines is 2. The molecular formula is C30H35F2N5O3. The minimum Gasteiger partial charge on any atom is -0.493 e. The van der Waals surface area contributed by atoms with E-state index >= 15 is 8.78 Å². The lowest BCUT2D eigenvalue weighted by atomic mass is 10.0. The van der Waals surface area contributed by atoms with E-state index < -0.39 is 5.82 Å². The monoisotopic (exact) mass is 551 g/mol. The molecule has 2 aromatic carbocycles. The molecule has 40 heavy (non-hydrogen) atoms. The van der Waals surface area contributed by atoms with Crippen molar-refractivity contribution in [1.82, 2.24) is 14.9 Å². The number of nitrogens with zero attached hydrogens (tertiary/aromatic N) is 5. The Kier molecular flexibility index (Phi) is 7.89. The normalized spacial score (nSPS) is 16.0. The summed E-state index contributed by atoms with van der Waals surface area (Å²) in [7, 11) is 5.65. The van der Waals surface area contributed by atoms with Crippen LogP contribution in [0.2, 0.25) is 0 Å². The SMILES string of the molecule is COc1cc(-c2nc(Cc3ccc(N4CCC(N(C)C)CC4)c(F)c3)ncc2F)cc2c1OCC(=O)N2C(C)C. The molecule has 0 saturated carbocycles. The fraction of sp³-hybridized carbons (Fsp3) is 0.433. The average Bonchev–Trinajstić information content (AvgIpc) is 2.93. The maximum absolute atomic E-state index is 15.2. The fourth-order valence-electron chi connectivity index (χ4n) is 5.52.